The summed E-state index contributed by atoms with van der Waals surface area (Å²) < 4.78 is 5.98. The van der Waals surface area contributed by atoms with Gasteiger partial charge in [0.15, 0.2) is 0 Å². The highest BCUT2D eigenvalue weighted by Crippen LogP contribution is 2.30. The van der Waals surface area contributed by atoms with Crippen LogP contribution in [0.25, 0.3) is 0 Å². The van der Waals surface area contributed by atoms with Crippen molar-refractivity contribution in [3.8, 4) is 5.75 Å². The number of rotatable bonds is 3. The Balaban J connectivity index is 1.48. The summed E-state index contributed by atoms with van der Waals surface area (Å²) in [5.41, 5.74) is 6.44. The highest BCUT2D eigenvalue weighted by molar-refractivity contribution is 5.79. The summed E-state index contributed by atoms with van der Waals surface area (Å²) in [6, 6.07) is 1.80. The quantitative estimate of drug-likeness (QED) is 0.911. The van der Waals surface area contributed by atoms with E-state index in [1.54, 1.807) is 18.5 Å². The van der Waals surface area contributed by atoms with Crippen LogP contribution in [0, 0.1) is 5.92 Å². The molecule has 1 saturated heterocycles. The second-order valence-electron chi connectivity index (χ2n) is 6.63. The molecule has 0 radical (unpaired) electrons. The van der Waals surface area contributed by atoms with E-state index in [1.165, 1.54) is 0 Å². The van der Waals surface area contributed by atoms with Gasteiger partial charge in [-0.15, -0.1) is 0 Å². The van der Waals surface area contributed by atoms with E-state index in [4.69, 9.17) is 10.5 Å². The van der Waals surface area contributed by atoms with Gasteiger partial charge < -0.3 is 20.3 Å². The van der Waals surface area contributed by atoms with Gasteiger partial charge in [0.25, 0.3) is 0 Å². The van der Waals surface area contributed by atoms with Crippen LogP contribution in [0.5, 0.6) is 5.75 Å². The van der Waals surface area contributed by atoms with Crippen molar-refractivity contribution >= 4 is 11.6 Å². The number of nitrogen functional groups attached to an aromatic ring is 1. The molecule has 3 rings (SSSR count). The number of aromatic nitrogens is 1. The van der Waals surface area contributed by atoms with Crippen LogP contribution in [0.1, 0.15) is 25.7 Å². The third-order valence-electron chi connectivity index (χ3n) is 4.94. The molecule has 6 nitrogen and oxygen atoms in total. The van der Waals surface area contributed by atoms with Gasteiger partial charge in [0.05, 0.1) is 18.0 Å². The van der Waals surface area contributed by atoms with Crippen LogP contribution < -0.4 is 10.5 Å². The van der Waals surface area contributed by atoms with E-state index >= 15 is 0 Å². The number of piperazine rings is 1. The summed E-state index contributed by atoms with van der Waals surface area (Å²) in [6.07, 6.45) is 7.07. The smallest absolute Gasteiger partial charge is 0.225 e. The summed E-state index contributed by atoms with van der Waals surface area (Å²) in [5.74, 6) is 1.20. The predicted molar refractivity (Wildman–Crippen MR) is 89.1 cm³/mol. The number of hydrogen-bond acceptors (Lipinski definition) is 5. The molecule has 1 aliphatic heterocycles. The van der Waals surface area contributed by atoms with Gasteiger partial charge in [-0.3, -0.25) is 9.78 Å². The van der Waals surface area contributed by atoms with E-state index < -0.39 is 0 Å². The Morgan fingerprint density at radius 3 is 2.57 bits per heavy atom. The van der Waals surface area contributed by atoms with E-state index in [9.17, 15) is 4.79 Å². The first kappa shape index (κ1) is 16.1. The molecule has 2 fully saturated rings. The van der Waals surface area contributed by atoms with Crippen LogP contribution in [0.4, 0.5) is 5.69 Å². The van der Waals surface area contributed by atoms with Gasteiger partial charge in [0, 0.05) is 44.4 Å². The van der Waals surface area contributed by atoms with Gasteiger partial charge >= 0.3 is 0 Å². The van der Waals surface area contributed by atoms with Crippen molar-refractivity contribution in [2.75, 3.05) is 39.0 Å². The monoisotopic (exact) mass is 318 g/mol. The summed E-state index contributed by atoms with van der Waals surface area (Å²) >= 11 is 0. The molecule has 1 saturated carbocycles. The van der Waals surface area contributed by atoms with Gasteiger partial charge in [-0.1, -0.05) is 0 Å². The molecule has 2 aliphatic rings. The summed E-state index contributed by atoms with van der Waals surface area (Å²) in [5, 5.41) is 0. The van der Waals surface area contributed by atoms with Crippen LogP contribution in [0.3, 0.4) is 0 Å². The maximum Gasteiger partial charge on any atom is 0.225 e. The number of nitrogens with zero attached hydrogens (tertiary/aromatic N) is 3. The molecule has 1 aliphatic carbocycles. The number of hydrogen-bond donors (Lipinski definition) is 1. The van der Waals surface area contributed by atoms with Gasteiger partial charge in [-0.25, -0.2) is 0 Å². The molecule has 0 spiro atoms. The largest absolute Gasteiger partial charge is 0.488 e. The third kappa shape index (κ3) is 3.93. The molecule has 0 aromatic carbocycles. The molecule has 0 unspecified atom stereocenters. The summed E-state index contributed by atoms with van der Waals surface area (Å²) in [4.78, 5) is 20.9. The fourth-order valence-electron chi connectivity index (χ4n) is 3.39. The zero-order chi connectivity index (χ0) is 16.2. The van der Waals surface area contributed by atoms with Crippen molar-refractivity contribution in [2.24, 2.45) is 5.92 Å². The Labute approximate surface area is 137 Å². The zero-order valence-electron chi connectivity index (χ0n) is 13.8. The minimum atomic E-state index is 0.149. The van der Waals surface area contributed by atoms with Gasteiger partial charge in [-0.05, 0) is 32.7 Å². The molecule has 0 bridgehead atoms. The van der Waals surface area contributed by atoms with Gasteiger partial charge in [0.2, 0.25) is 5.91 Å². The molecule has 1 aromatic rings. The Morgan fingerprint density at radius 2 is 1.91 bits per heavy atom. The van der Waals surface area contributed by atoms with E-state index in [0.717, 1.165) is 51.9 Å². The molecule has 0 atom stereocenters. The lowest BCUT2D eigenvalue weighted by molar-refractivity contribution is -0.138. The van der Waals surface area contributed by atoms with E-state index in [0.29, 0.717) is 17.3 Å². The number of nitrogens with two attached hydrogens (primary N) is 1. The number of pyridine rings is 1. The molecule has 126 valence electrons. The fraction of sp³-hybridized carbons (Fsp3) is 0.647. The van der Waals surface area contributed by atoms with Crippen molar-refractivity contribution < 1.29 is 9.53 Å². The average molecular weight is 318 g/mol. The Bertz CT molecular complexity index is 535. The van der Waals surface area contributed by atoms with E-state index in [2.05, 4.69) is 16.9 Å². The van der Waals surface area contributed by atoms with Gasteiger partial charge in [0.1, 0.15) is 5.75 Å². The molecule has 23 heavy (non-hydrogen) atoms. The molecule has 1 amide bonds. The lowest BCUT2D eigenvalue weighted by Gasteiger charge is -2.36. The van der Waals surface area contributed by atoms with Gasteiger partial charge in [-0.2, -0.15) is 0 Å². The second kappa shape index (κ2) is 7.17. The molecule has 6 heteroatoms. The van der Waals surface area contributed by atoms with Crippen molar-refractivity contribution in [3.63, 3.8) is 0 Å². The third-order valence-corrected chi connectivity index (χ3v) is 4.94. The van der Waals surface area contributed by atoms with Crippen LogP contribution in [0.15, 0.2) is 18.5 Å². The highest BCUT2D eigenvalue weighted by atomic mass is 16.5. The van der Waals surface area contributed by atoms with E-state index in [-0.39, 0.29) is 12.0 Å². The molecule has 2 N–H and O–H groups in total. The number of carbonyl (C=O) groups is 1. The van der Waals surface area contributed by atoms with Crippen molar-refractivity contribution in [3.05, 3.63) is 18.5 Å². The predicted octanol–water partition coefficient (Wildman–Crippen LogP) is 1.38. The average Bonchev–Trinajstić information content (AvgIpc) is 2.58. The van der Waals surface area contributed by atoms with Crippen LogP contribution in [0.2, 0.25) is 0 Å². The standard InChI is InChI=1S/C17H26N4O2/c1-20-8-10-21(11-9-20)17(22)13-2-4-14(5-3-13)23-16-6-7-19-12-15(16)18/h6-7,12-14H,2-5,8-11,18H2,1H3/t13-,14+. The summed E-state index contributed by atoms with van der Waals surface area (Å²) in [6.45, 7) is 3.68. The van der Waals surface area contributed by atoms with Crippen molar-refractivity contribution in [1.29, 1.82) is 0 Å². The van der Waals surface area contributed by atoms with Crippen molar-refractivity contribution in [1.82, 2.24) is 14.8 Å². The SMILES string of the molecule is CN1CCN(C(=O)[C@H]2CC[C@@H](Oc3ccncc3N)CC2)CC1. The first-order valence-corrected chi connectivity index (χ1v) is 8.47. The Kier molecular flexibility index (Phi) is 5.00. The second-order valence-corrected chi connectivity index (χ2v) is 6.63. The van der Waals surface area contributed by atoms with E-state index in [1.807, 2.05) is 4.90 Å². The lowest BCUT2D eigenvalue weighted by atomic mass is 9.86. The number of anilines is 1. The van der Waals surface area contributed by atoms with Crippen LogP contribution in [-0.2, 0) is 4.79 Å². The molecule has 1 aromatic heterocycles. The number of ether oxygens (including phenoxy) is 1. The normalized spacial score (nSPS) is 26.0. The first-order valence-electron chi connectivity index (χ1n) is 8.47. The number of amides is 1. The maximum absolute atomic E-state index is 12.6. The van der Waals surface area contributed by atoms with Crippen LogP contribution >= 0.6 is 0 Å². The maximum atomic E-state index is 12.6. The summed E-state index contributed by atoms with van der Waals surface area (Å²) in [7, 11) is 2.11. The van der Waals surface area contributed by atoms with Crippen LogP contribution in [-0.4, -0.2) is 60.0 Å². The Morgan fingerprint density at radius 1 is 1.22 bits per heavy atom. The lowest BCUT2D eigenvalue weighted by Crippen LogP contribution is -2.49. The Hall–Kier alpha value is -1.82. The molecular weight excluding hydrogens is 292 g/mol. The minimum absolute atomic E-state index is 0.149. The van der Waals surface area contributed by atoms with Crippen molar-refractivity contribution in [2.45, 2.75) is 31.8 Å². The minimum Gasteiger partial charge on any atom is -0.488 e. The highest BCUT2D eigenvalue weighted by Gasteiger charge is 2.31. The number of likely N-dealkylation sites (N-methyl/N-ethyl adjacent to an activating group) is 1. The molecular formula is C17H26N4O2. The number of carbonyl (C=O) groups excluding carboxylic acids is 1. The first-order chi connectivity index (χ1) is 11.1. The zero-order valence-corrected chi connectivity index (χ0v) is 13.8. The topological polar surface area (TPSA) is 71.7 Å². The molecule has 2 heterocycles. The fourth-order valence-corrected chi connectivity index (χ4v) is 3.39.